The topological polar surface area (TPSA) is 52.0 Å². The highest BCUT2D eigenvalue weighted by Crippen LogP contribution is 2.59. The molecule has 0 aromatic heterocycles. The van der Waals surface area contributed by atoms with E-state index in [9.17, 15) is 0 Å². The Kier molecular flexibility index (Phi) is 23.6. The molecule has 2 fully saturated rings. The first-order valence-electron chi connectivity index (χ1n) is 21.0. The third kappa shape index (κ3) is 14.8. The lowest BCUT2D eigenvalue weighted by atomic mass is 9.47. The van der Waals surface area contributed by atoms with Crippen LogP contribution in [0.2, 0.25) is 0 Å². The van der Waals surface area contributed by atoms with Gasteiger partial charge >= 0.3 is 0 Å². The predicted octanol–water partition coefficient (Wildman–Crippen LogP) is 12.9. The van der Waals surface area contributed by atoms with Gasteiger partial charge in [0.1, 0.15) is 0 Å². The van der Waals surface area contributed by atoms with Gasteiger partial charge in [-0.05, 0) is 99.0 Å². The number of unbranched alkanes of at least 4 members (excludes halogenated alkanes) is 16. The van der Waals surface area contributed by atoms with Gasteiger partial charge in [0.25, 0.3) is 0 Å². The summed E-state index contributed by atoms with van der Waals surface area (Å²) >= 11 is 0. The van der Waals surface area contributed by atoms with Crippen molar-refractivity contribution in [2.75, 3.05) is 13.1 Å². The number of hydrogen-bond donors (Lipinski definition) is 2. The van der Waals surface area contributed by atoms with Crippen molar-refractivity contribution in [3.05, 3.63) is 0 Å². The lowest BCUT2D eigenvalue weighted by Crippen LogP contribution is -2.51. The fourth-order valence-corrected chi connectivity index (χ4v) is 10.5. The molecule has 44 heavy (non-hydrogen) atoms. The summed E-state index contributed by atoms with van der Waals surface area (Å²) in [6, 6.07) is 0. The maximum Gasteiger partial charge on any atom is -0.00773 e. The van der Waals surface area contributed by atoms with Gasteiger partial charge in [0.15, 0.2) is 0 Å². The molecule has 2 aliphatic rings. The van der Waals surface area contributed by atoms with Gasteiger partial charge in [0.05, 0.1) is 0 Å². The van der Waals surface area contributed by atoms with Crippen LogP contribution in [0, 0.1) is 47.3 Å². The molecule has 2 rings (SSSR count). The molecule has 262 valence electrons. The van der Waals surface area contributed by atoms with Gasteiger partial charge in [0.2, 0.25) is 0 Å². The Bertz CT molecular complexity index is 633. The van der Waals surface area contributed by atoms with Crippen molar-refractivity contribution >= 4 is 0 Å². The highest BCUT2D eigenvalue weighted by atomic mass is 14.6. The molecule has 2 aliphatic carbocycles. The molecular weight excluding hydrogens is 532 g/mol. The average molecular weight is 617 g/mol. The monoisotopic (exact) mass is 617 g/mol. The van der Waals surface area contributed by atoms with Crippen LogP contribution < -0.4 is 11.5 Å². The number of hydrogen-bond acceptors (Lipinski definition) is 2. The van der Waals surface area contributed by atoms with E-state index in [4.69, 9.17) is 11.5 Å². The van der Waals surface area contributed by atoms with Gasteiger partial charge in [-0.15, -0.1) is 0 Å². The first-order valence-corrected chi connectivity index (χ1v) is 21.0. The lowest BCUT2D eigenvalue weighted by molar-refractivity contribution is -0.0933. The quantitative estimate of drug-likeness (QED) is 0.0859. The second kappa shape index (κ2) is 25.9. The van der Waals surface area contributed by atoms with E-state index < -0.39 is 0 Å². The molecular formula is C42H84N2. The molecule has 0 aliphatic heterocycles. The van der Waals surface area contributed by atoms with Crippen molar-refractivity contribution in [3.8, 4) is 0 Å². The van der Waals surface area contributed by atoms with Crippen molar-refractivity contribution < 1.29 is 0 Å². The van der Waals surface area contributed by atoms with E-state index >= 15 is 0 Å². The van der Waals surface area contributed by atoms with E-state index in [1.165, 1.54) is 161 Å². The van der Waals surface area contributed by atoms with E-state index in [-0.39, 0.29) is 0 Å². The van der Waals surface area contributed by atoms with E-state index in [0.717, 1.165) is 60.4 Å². The van der Waals surface area contributed by atoms with Crippen molar-refractivity contribution in [2.24, 2.45) is 58.8 Å². The van der Waals surface area contributed by atoms with Gasteiger partial charge in [-0.1, -0.05) is 169 Å². The van der Waals surface area contributed by atoms with Crippen LogP contribution in [0.15, 0.2) is 0 Å². The molecule has 0 heterocycles. The average Bonchev–Trinajstić information content (AvgIpc) is 3.02. The molecule has 8 atom stereocenters. The summed E-state index contributed by atoms with van der Waals surface area (Å²) in [5.74, 6) is 8.03. The standard InChI is InChI=1S/C42H84N2/c1-5-8-19-26-36-33-35(4)41-39(30-23-16-12-14-18-25-32-44)37(27-22-15-11-13-17-24-31-43)34-38(28-20-9-6-2)42(41)40(36)29-21-10-7-3/h35-42H,5-34,43-44H2,1-4H3. The Morgan fingerprint density at radius 3 is 1.25 bits per heavy atom. The summed E-state index contributed by atoms with van der Waals surface area (Å²) in [5, 5.41) is 0. The van der Waals surface area contributed by atoms with Gasteiger partial charge < -0.3 is 11.5 Å². The van der Waals surface area contributed by atoms with Gasteiger partial charge in [-0.2, -0.15) is 0 Å². The number of fused-ring (bicyclic) bond motifs is 1. The minimum absolute atomic E-state index is 0.871. The van der Waals surface area contributed by atoms with Crippen LogP contribution in [0.25, 0.3) is 0 Å². The molecule has 4 N–H and O–H groups in total. The van der Waals surface area contributed by atoms with E-state index in [1.54, 1.807) is 19.3 Å². The zero-order chi connectivity index (χ0) is 31.8. The van der Waals surface area contributed by atoms with Crippen LogP contribution in [-0.4, -0.2) is 13.1 Å². The highest BCUT2D eigenvalue weighted by Gasteiger charge is 2.52. The lowest BCUT2D eigenvalue weighted by Gasteiger charge is -2.58. The third-order valence-electron chi connectivity index (χ3n) is 12.6. The Labute approximate surface area is 278 Å². The molecule has 0 aromatic rings. The summed E-state index contributed by atoms with van der Waals surface area (Å²) < 4.78 is 0. The van der Waals surface area contributed by atoms with Crippen LogP contribution in [0.5, 0.6) is 0 Å². The summed E-state index contributed by atoms with van der Waals surface area (Å²) in [6.45, 7) is 11.7. The second-order valence-electron chi connectivity index (χ2n) is 16.1. The highest BCUT2D eigenvalue weighted by molar-refractivity contribution is 5.01. The first kappa shape index (κ1) is 40.1. The first-order chi connectivity index (χ1) is 21.6. The predicted molar refractivity (Wildman–Crippen MR) is 198 cm³/mol. The van der Waals surface area contributed by atoms with Gasteiger partial charge in [0, 0.05) is 0 Å². The molecule has 0 spiro atoms. The number of rotatable bonds is 28. The normalized spacial score (nSPS) is 28.8. The van der Waals surface area contributed by atoms with Crippen LogP contribution >= 0.6 is 0 Å². The smallest absolute Gasteiger partial charge is 0.00773 e. The minimum atomic E-state index is 0.871. The molecule has 0 saturated heterocycles. The van der Waals surface area contributed by atoms with Crippen molar-refractivity contribution in [3.63, 3.8) is 0 Å². The zero-order valence-corrected chi connectivity index (χ0v) is 31.0. The van der Waals surface area contributed by atoms with Crippen LogP contribution in [-0.2, 0) is 0 Å². The summed E-state index contributed by atoms with van der Waals surface area (Å²) in [6.07, 6.45) is 40.4. The maximum atomic E-state index is 5.78. The molecule has 0 amide bonds. The van der Waals surface area contributed by atoms with Crippen molar-refractivity contribution in [1.29, 1.82) is 0 Å². The van der Waals surface area contributed by atoms with Crippen LogP contribution in [0.4, 0.5) is 0 Å². The van der Waals surface area contributed by atoms with Crippen LogP contribution in [0.3, 0.4) is 0 Å². The molecule has 8 unspecified atom stereocenters. The molecule has 2 heteroatoms. The van der Waals surface area contributed by atoms with E-state index in [0.29, 0.717) is 0 Å². The van der Waals surface area contributed by atoms with Gasteiger partial charge in [-0.3, -0.25) is 0 Å². The van der Waals surface area contributed by atoms with E-state index in [1.807, 2.05) is 0 Å². The summed E-state index contributed by atoms with van der Waals surface area (Å²) in [5.41, 5.74) is 11.5. The second-order valence-corrected chi connectivity index (χ2v) is 16.1. The fourth-order valence-electron chi connectivity index (χ4n) is 10.5. The van der Waals surface area contributed by atoms with Crippen molar-refractivity contribution in [1.82, 2.24) is 0 Å². The van der Waals surface area contributed by atoms with Crippen LogP contribution in [0.1, 0.15) is 207 Å². The molecule has 0 aromatic carbocycles. The third-order valence-corrected chi connectivity index (χ3v) is 12.6. The Hall–Kier alpha value is -0.0800. The maximum absolute atomic E-state index is 5.78. The largest absolute Gasteiger partial charge is 0.330 e. The Morgan fingerprint density at radius 1 is 0.386 bits per heavy atom. The summed E-state index contributed by atoms with van der Waals surface area (Å²) in [7, 11) is 0. The molecule has 2 nitrogen and oxygen atoms in total. The molecule has 2 saturated carbocycles. The fraction of sp³-hybridized carbons (Fsp3) is 1.00. The minimum Gasteiger partial charge on any atom is -0.330 e. The zero-order valence-electron chi connectivity index (χ0n) is 31.0. The number of nitrogens with two attached hydrogens (primary N) is 2. The van der Waals surface area contributed by atoms with Crippen molar-refractivity contribution in [2.45, 2.75) is 207 Å². The van der Waals surface area contributed by atoms with E-state index in [2.05, 4.69) is 27.7 Å². The Balaban J connectivity index is 2.25. The SMILES string of the molecule is CCCCCC1CC(C)C2C(CCCCCCCCN)C(CCCCCCCCN)CC(CCCCC)C2C1CCCCC. The van der Waals surface area contributed by atoms with Gasteiger partial charge in [-0.25, -0.2) is 0 Å². The molecule has 0 bridgehead atoms. The molecule has 0 radical (unpaired) electrons. The summed E-state index contributed by atoms with van der Waals surface area (Å²) in [4.78, 5) is 0. The Morgan fingerprint density at radius 2 is 0.750 bits per heavy atom.